The van der Waals surface area contributed by atoms with Gasteiger partial charge in [0.25, 0.3) is 0 Å². The van der Waals surface area contributed by atoms with Gasteiger partial charge in [-0.05, 0) is 12.5 Å². The minimum absolute atomic E-state index is 0.124. The Morgan fingerprint density at radius 3 is 2.89 bits per heavy atom. The van der Waals surface area contributed by atoms with Crippen molar-refractivity contribution >= 4 is 11.5 Å². The average molecular weight is 261 g/mol. The summed E-state index contributed by atoms with van der Waals surface area (Å²) in [7, 11) is 0. The largest absolute Gasteiger partial charge is 0.431 e. The fraction of sp³-hybridized carbons (Fsp3) is 0.0909. The van der Waals surface area contributed by atoms with Gasteiger partial charge in [0, 0.05) is 12.1 Å². The van der Waals surface area contributed by atoms with E-state index in [4.69, 9.17) is 10.6 Å². The molecule has 1 aromatic heterocycles. The van der Waals surface area contributed by atoms with Gasteiger partial charge >= 0.3 is 5.69 Å². The number of anilines is 1. The summed E-state index contributed by atoms with van der Waals surface area (Å²) in [6.45, 7) is 1.71. The van der Waals surface area contributed by atoms with Crippen LogP contribution in [0.15, 0.2) is 30.6 Å². The summed E-state index contributed by atoms with van der Waals surface area (Å²) in [6.07, 6.45) is 1.24. The van der Waals surface area contributed by atoms with Gasteiger partial charge in [-0.25, -0.2) is 15.8 Å². The van der Waals surface area contributed by atoms with Crippen molar-refractivity contribution in [2.45, 2.75) is 6.92 Å². The van der Waals surface area contributed by atoms with Gasteiger partial charge in [0.1, 0.15) is 12.1 Å². The number of nitrogens with one attached hydrogen (secondary N) is 1. The predicted octanol–water partition coefficient (Wildman–Crippen LogP) is 1.77. The second kappa shape index (κ2) is 5.27. The molecule has 0 unspecified atom stereocenters. The van der Waals surface area contributed by atoms with Crippen LogP contribution in [-0.4, -0.2) is 14.9 Å². The molecule has 0 aliphatic carbocycles. The Morgan fingerprint density at radius 2 is 2.21 bits per heavy atom. The Bertz CT molecular complexity index is 617. The summed E-state index contributed by atoms with van der Waals surface area (Å²) in [4.78, 5) is 18.1. The zero-order valence-electron chi connectivity index (χ0n) is 10.0. The van der Waals surface area contributed by atoms with Crippen LogP contribution in [0.1, 0.15) is 5.56 Å². The van der Waals surface area contributed by atoms with E-state index >= 15 is 0 Å². The molecular formula is C11H11N5O3. The SMILES string of the molecule is Cc1cccc([N+](=O)[O-])c1Oc1cc(NN)ncn1. The van der Waals surface area contributed by atoms with Crippen LogP contribution >= 0.6 is 0 Å². The summed E-state index contributed by atoms with van der Waals surface area (Å²) in [5, 5.41) is 10.9. The van der Waals surface area contributed by atoms with Crippen molar-refractivity contribution in [2.75, 3.05) is 5.43 Å². The second-order valence-electron chi connectivity index (χ2n) is 3.67. The summed E-state index contributed by atoms with van der Waals surface area (Å²) < 4.78 is 5.46. The highest BCUT2D eigenvalue weighted by molar-refractivity contribution is 5.53. The van der Waals surface area contributed by atoms with E-state index in [9.17, 15) is 10.1 Å². The number of nitrogen functional groups attached to an aromatic ring is 1. The molecule has 98 valence electrons. The van der Waals surface area contributed by atoms with Crippen molar-refractivity contribution in [2.24, 2.45) is 5.84 Å². The number of hydrogen-bond donors (Lipinski definition) is 2. The maximum Gasteiger partial charge on any atom is 0.311 e. The first-order valence-corrected chi connectivity index (χ1v) is 5.32. The summed E-state index contributed by atoms with van der Waals surface area (Å²) in [6, 6.07) is 6.11. The molecule has 0 bridgehead atoms. The number of hydrogen-bond acceptors (Lipinski definition) is 7. The van der Waals surface area contributed by atoms with Gasteiger partial charge < -0.3 is 10.2 Å². The molecule has 1 aromatic carbocycles. The van der Waals surface area contributed by atoms with Crippen molar-refractivity contribution in [1.29, 1.82) is 0 Å². The van der Waals surface area contributed by atoms with Crippen LogP contribution in [0.25, 0.3) is 0 Å². The Morgan fingerprint density at radius 1 is 1.42 bits per heavy atom. The molecule has 0 saturated heterocycles. The third kappa shape index (κ3) is 2.75. The third-order valence-electron chi connectivity index (χ3n) is 2.38. The van der Waals surface area contributed by atoms with Crippen molar-refractivity contribution in [3.63, 3.8) is 0 Å². The number of aryl methyl sites for hydroxylation is 1. The quantitative estimate of drug-likeness (QED) is 0.489. The lowest BCUT2D eigenvalue weighted by Gasteiger charge is -2.08. The van der Waals surface area contributed by atoms with E-state index in [0.29, 0.717) is 11.4 Å². The van der Waals surface area contributed by atoms with Crippen LogP contribution < -0.4 is 16.0 Å². The van der Waals surface area contributed by atoms with E-state index < -0.39 is 4.92 Å². The zero-order chi connectivity index (χ0) is 13.8. The van der Waals surface area contributed by atoms with Crippen molar-refractivity contribution in [3.05, 3.63) is 46.3 Å². The number of rotatable bonds is 4. The van der Waals surface area contributed by atoms with Gasteiger partial charge in [-0.15, -0.1) is 0 Å². The fourth-order valence-corrected chi connectivity index (χ4v) is 1.49. The minimum Gasteiger partial charge on any atom is -0.431 e. The van der Waals surface area contributed by atoms with Gasteiger partial charge in [-0.1, -0.05) is 12.1 Å². The fourth-order valence-electron chi connectivity index (χ4n) is 1.49. The van der Waals surface area contributed by atoms with E-state index in [2.05, 4.69) is 15.4 Å². The molecule has 0 radical (unpaired) electrons. The van der Waals surface area contributed by atoms with E-state index in [-0.39, 0.29) is 17.3 Å². The monoisotopic (exact) mass is 261 g/mol. The summed E-state index contributed by atoms with van der Waals surface area (Å²) in [5.41, 5.74) is 2.85. The smallest absolute Gasteiger partial charge is 0.311 e. The van der Waals surface area contributed by atoms with Gasteiger partial charge in [-0.2, -0.15) is 0 Å². The van der Waals surface area contributed by atoms with Gasteiger partial charge in [0.05, 0.1) is 4.92 Å². The van der Waals surface area contributed by atoms with Crippen LogP contribution in [0.2, 0.25) is 0 Å². The van der Waals surface area contributed by atoms with Crippen LogP contribution in [0, 0.1) is 17.0 Å². The molecule has 0 aliphatic rings. The second-order valence-corrected chi connectivity index (χ2v) is 3.67. The normalized spacial score (nSPS) is 10.0. The molecule has 0 fully saturated rings. The molecule has 0 amide bonds. The number of aromatic nitrogens is 2. The predicted molar refractivity (Wildman–Crippen MR) is 67.7 cm³/mol. The Labute approximate surface area is 108 Å². The first kappa shape index (κ1) is 12.7. The molecule has 19 heavy (non-hydrogen) atoms. The number of benzene rings is 1. The molecule has 1 heterocycles. The molecule has 8 heteroatoms. The molecule has 0 spiro atoms. The van der Waals surface area contributed by atoms with Gasteiger partial charge in [0.2, 0.25) is 11.6 Å². The van der Waals surface area contributed by atoms with Gasteiger partial charge in [-0.3, -0.25) is 10.1 Å². The molecule has 0 saturated carbocycles. The van der Waals surface area contributed by atoms with Gasteiger partial charge in [0.15, 0.2) is 0 Å². The zero-order valence-corrected chi connectivity index (χ0v) is 10.0. The van der Waals surface area contributed by atoms with E-state index in [1.165, 1.54) is 18.5 Å². The number of hydrazine groups is 1. The number of para-hydroxylation sites is 1. The molecule has 0 aliphatic heterocycles. The van der Waals surface area contributed by atoms with Crippen LogP contribution in [-0.2, 0) is 0 Å². The van der Waals surface area contributed by atoms with Crippen LogP contribution in [0.5, 0.6) is 11.6 Å². The summed E-state index contributed by atoms with van der Waals surface area (Å²) >= 11 is 0. The van der Waals surface area contributed by atoms with E-state index in [1.54, 1.807) is 19.1 Å². The average Bonchev–Trinajstić information content (AvgIpc) is 2.41. The number of ether oxygens (including phenoxy) is 1. The Hall–Kier alpha value is -2.74. The molecule has 8 nitrogen and oxygen atoms in total. The molecule has 2 aromatic rings. The van der Waals surface area contributed by atoms with E-state index in [1.807, 2.05) is 0 Å². The number of nitrogens with zero attached hydrogens (tertiary/aromatic N) is 3. The van der Waals surface area contributed by atoms with Crippen molar-refractivity contribution < 1.29 is 9.66 Å². The Balaban J connectivity index is 2.40. The third-order valence-corrected chi connectivity index (χ3v) is 2.38. The number of nitrogens with two attached hydrogens (primary N) is 1. The first-order chi connectivity index (χ1) is 9.11. The highest BCUT2D eigenvalue weighted by atomic mass is 16.6. The lowest BCUT2D eigenvalue weighted by molar-refractivity contribution is -0.385. The van der Waals surface area contributed by atoms with E-state index in [0.717, 1.165) is 0 Å². The highest BCUT2D eigenvalue weighted by Crippen LogP contribution is 2.33. The molecular weight excluding hydrogens is 250 g/mol. The highest BCUT2D eigenvalue weighted by Gasteiger charge is 2.18. The molecule has 3 N–H and O–H groups in total. The first-order valence-electron chi connectivity index (χ1n) is 5.32. The topological polar surface area (TPSA) is 116 Å². The number of nitro benzene ring substituents is 1. The maximum atomic E-state index is 10.9. The summed E-state index contributed by atoms with van der Waals surface area (Å²) in [5.74, 6) is 5.88. The standard InChI is InChI=1S/C11H11N5O3/c1-7-3-2-4-8(16(17)18)11(7)19-10-5-9(15-12)13-6-14-10/h2-6H,12H2,1H3,(H,13,14,15). The minimum atomic E-state index is -0.508. The molecule has 2 rings (SSSR count). The Kier molecular flexibility index (Phi) is 3.53. The van der Waals surface area contributed by atoms with Crippen LogP contribution in [0.3, 0.4) is 0 Å². The maximum absolute atomic E-state index is 10.9. The van der Waals surface area contributed by atoms with Crippen molar-refractivity contribution in [1.82, 2.24) is 9.97 Å². The molecule has 0 atom stereocenters. The van der Waals surface area contributed by atoms with Crippen molar-refractivity contribution in [3.8, 4) is 11.6 Å². The van der Waals surface area contributed by atoms with Crippen LogP contribution in [0.4, 0.5) is 11.5 Å². The number of nitro groups is 1. The lowest BCUT2D eigenvalue weighted by atomic mass is 10.2. The lowest BCUT2D eigenvalue weighted by Crippen LogP contribution is -2.08.